The van der Waals surface area contributed by atoms with Crippen LogP contribution in [0.15, 0.2) is 23.1 Å². The molecule has 0 spiro atoms. The molecule has 0 aromatic heterocycles. The Balaban J connectivity index is 1.71. The van der Waals surface area contributed by atoms with Crippen molar-refractivity contribution in [2.75, 3.05) is 33.3 Å². The van der Waals surface area contributed by atoms with Crippen LogP contribution < -0.4 is 4.74 Å². The Morgan fingerprint density at radius 2 is 1.80 bits per heavy atom. The summed E-state index contributed by atoms with van der Waals surface area (Å²) in [4.78, 5) is 14.4. The second-order valence-corrected chi connectivity index (χ2v) is 8.85. The van der Waals surface area contributed by atoms with Gasteiger partial charge in [-0.1, -0.05) is 24.4 Å². The van der Waals surface area contributed by atoms with Crippen LogP contribution in [-0.2, 0) is 14.8 Å². The number of sulfonamides is 1. The highest BCUT2D eigenvalue weighted by Gasteiger charge is 2.34. The van der Waals surface area contributed by atoms with Gasteiger partial charge in [0.15, 0.2) is 0 Å². The van der Waals surface area contributed by atoms with Crippen LogP contribution in [0.2, 0.25) is 5.02 Å². The zero-order chi connectivity index (χ0) is 18.0. The largest absolute Gasteiger partial charge is 0.495 e. The average Bonchev–Trinajstić information content (AvgIpc) is 3.16. The molecule has 3 rings (SSSR count). The van der Waals surface area contributed by atoms with Crippen molar-refractivity contribution in [2.24, 2.45) is 5.92 Å². The third-order valence-corrected chi connectivity index (χ3v) is 7.15. The first-order valence-electron chi connectivity index (χ1n) is 8.56. The minimum atomic E-state index is -3.71. The fourth-order valence-corrected chi connectivity index (χ4v) is 5.41. The highest BCUT2D eigenvalue weighted by atomic mass is 35.5. The molecule has 0 radical (unpaired) electrons. The number of hydrogen-bond acceptors (Lipinski definition) is 4. The summed E-state index contributed by atoms with van der Waals surface area (Å²) < 4.78 is 32.4. The van der Waals surface area contributed by atoms with Gasteiger partial charge in [0, 0.05) is 37.1 Å². The number of amides is 1. The molecule has 6 nitrogen and oxygen atoms in total. The number of benzene rings is 1. The summed E-state index contributed by atoms with van der Waals surface area (Å²) in [7, 11) is -2.28. The van der Waals surface area contributed by atoms with E-state index in [1.165, 1.54) is 17.5 Å². The Morgan fingerprint density at radius 3 is 2.40 bits per heavy atom. The van der Waals surface area contributed by atoms with Gasteiger partial charge in [0.25, 0.3) is 0 Å². The molecule has 1 heterocycles. The van der Waals surface area contributed by atoms with Gasteiger partial charge >= 0.3 is 0 Å². The maximum Gasteiger partial charge on any atom is 0.246 e. The summed E-state index contributed by atoms with van der Waals surface area (Å²) in [5.41, 5.74) is 0. The lowest BCUT2D eigenvalue weighted by atomic mass is 10.1. The maximum absolute atomic E-state index is 12.9. The standard InChI is InChI=1S/C17H23ClN2O4S/c1-24-15-7-6-14(18)12-16(15)25(22,23)20-10-8-19(9-11-20)17(21)13-4-2-3-5-13/h6-7,12-13H,2-5,8-11H2,1H3. The molecule has 1 amide bonds. The quantitative estimate of drug-likeness (QED) is 0.796. The number of hydrogen-bond donors (Lipinski definition) is 0. The Kier molecular flexibility index (Phi) is 5.55. The Bertz CT molecular complexity index is 739. The molecule has 138 valence electrons. The summed E-state index contributed by atoms with van der Waals surface area (Å²) in [6.45, 7) is 1.43. The van der Waals surface area contributed by atoms with Crippen molar-refractivity contribution in [3.05, 3.63) is 23.2 Å². The van der Waals surface area contributed by atoms with Crippen LogP contribution in [-0.4, -0.2) is 56.8 Å². The molecule has 1 aromatic rings. The first-order valence-corrected chi connectivity index (χ1v) is 10.4. The van der Waals surface area contributed by atoms with Gasteiger partial charge in [-0.15, -0.1) is 0 Å². The average molecular weight is 387 g/mol. The number of halogens is 1. The molecule has 25 heavy (non-hydrogen) atoms. The lowest BCUT2D eigenvalue weighted by Crippen LogP contribution is -2.51. The molecule has 1 aromatic carbocycles. The summed E-state index contributed by atoms with van der Waals surface area (Å²) in [5, 5.41) is 0.342. The zero-order valence-corrected chi connectivity index (χ0v) is 15.9. The Morgan fingerprint density at radius 1 is 1.16 bits per heavy atom. The van der Waals surface area contributed by atoms with Crippen LogP contribution in [0.3, 0.4) is 0 Å². The summed E-state index contributed by atoms with van der Waals surface area (Å²) in [6.07, 6.45) is 4.13. The van der Waals surface area contributed by atoms with Gasteiger partial charge in [-0.3, -0.25) is 4.79 Å². The molecule has 1 saturated carbocycles. The third-order valence-electron chi connectivity index (χ3n) is 5.00. The first kappa shape index (κ1) is 18.5. The van der Waals surface area contributed by atoms with Crippen molar-refractivity contribution >= 4 is 27.5 Å². The Hall–Kier alpha value is -1.31. The topological polar surface area (TPSA) is 66.9 Å². The van der Waals surface area contributed by atoms with Crippen LogP contribution in [0.4, 0.5) is 0 Å². The normalized spacial score (nSPS) is 20.0. The molecule has 0 N–H and O–H groups in total. The summed E-state index contributed by atoms with van der Waals surface area (Å²) in [5.74, 6) is 0.569. The van der Waals surface area contributed by atoms with Gasteiger partial charge in [0.1, 0.15) is 10.6 Å². The van der Waals surface area contributed by atoms with Crippen molar-refractivity contribution < 1.29 is 17.9 Å². The van der Waals surface area contributed by atoms with Crippen molar-refractivity contribution in [1.29, 1.82) is 0 Å². The molecular weight excluding hydrogens is 364 g/mol. The van der Waals surface area contributed by atoms with E-state index in [9.17, 15) is 13.2 Å². The number of nitrogens with zero attached hydrogens (tertiary/aromatic N) is 2. The number of piperazine rings is 1. The highest BCUT2D eigenvalue weighted by molar-refractivity contribution is 7.89. The van der Waals surface area contributed by atoms with Crippen molar-refractivity contribution in [3.63, 3.8) is 0 Å². The summed E-state index contributed by atoms with van der Waals surface area (Å²) >= 11 is 5.96. The zero-order valence-electron chi connectivity index (χ0n) is 14.3. The van der Waals surface area contributed by atoms with Gasteiger partial charge in [-0.2, -0.15) is 4.31 Å². The molecule has 2 fully saturated rings. The van der Waals surface area contributed by atoms with Gasteiger partial charge in [0.2, 0.25) is 15.9 Å². The van der Waals surface area contributed by atoms with Crippen LogP contribution in [0, 0.1) is 5.92 Å². The number of carbonyl (C=O) groups is 1. The van der Waals surface area contributed by atoms with E-state index in [1.54, 1.807) is 17.0 Å². The molecule has 8 heteroatoms. The van der Waals surface area contributed by atoms with Gasteiger partial charge in [0.05, 0.1) is 7.11 Å². The molecule has 1 aliphatic carbocycles. The fraction of sp³-hybridized carbons (Fsp3) is 0.588. The second kappa shape index (κ2) is 7.51. The van der Waals surface area contributed by atoms with Crippen LogP contribution >= 0.6 is 11.6 Å². The molecular formula is C17H23ClN2O4S. The molecule has 1 aliphatic heterocycles. The van der Waals surface area contributed by atoms with Gasteiger partial charge < -0.3 is 9.64 Å². The van der Waals surface area contributed by atoms with E-state index in [-0.39, 0.29) is 35.6 Å². The predicted octanol–water partition coefficient (Wildman–Crippen LogP) is 2.37. The predicted molar refractivity (Wildman–Crippen MR) is 95.3 cm³/mol. The van der Waals surface area contributed by atoms with E-state index in [4.69, 9.17) is 16.3 Å². The van der Waals surface area contributed by atoms with Gasteiger partial charge in [-0.05, 0) is 31.0 Å². The van der Waals surface area contributed by atoms with Crippen LogP contribution in [0.1, 0.15) is 25.7 Å². The molecule has 2 aliphatic rings. The van der Waals surface area contributed by atoms with E-state index < -0.39 is 10.0 Å². The lowest BCUT2D eigenvalue weighted by molar-refractivity contribution is -0.136. The maximum atomic E-state index is 12.9. The van der Waals surface area contributed by atoms with Gasteiger partial charge in [-0.25, -0.2) is 8.42 Å². The number of carbonyl (C=O) groups excluding carboxylic acids is 1. The molecule has 0 unspecified atom stereocenters. The van der Waals surface area contributed by atoms with E-state index in [2.05, 4.69) is 0 Å². The number of rotatable bonds is 4. The Labute approximate surface area is 153 Å². The lowest BCUT2D eigenvalue weighted by Gasteiger charge is -2.35. The molecule has 0 atom stereocenters. The fourth-order valence-electron chi connectivity index (χ4n) is 3.57. The highest BCUT2D eigenvalue weighted by Crippen LogP contribution is 2.31. The molecule has 1 saturated heterocycles. The number of methoxy groups -OCH3 is 1. The van der Waals surface area contributed by atoms with Crippen LogP contribution in [0.25, 0.3) is 0 Å². The van der Waals surface area contributed by atoms with E-state index in [1.807, 2.05) is 0 Å². The van der Waals surface area contributed by atoms with E-state index >= 15 is 0 Å². The summed E-state index contributed by atoms with van der Waals surface area (Å²) in [6, 6.07) is 4.55. The van der Waals surface area contributed by atoms with Crippen LogP contribution in [0.5, 0.6) is 5.75 Å². The van der Waals surface area contributed by atoms with E-state index in [0.717, 1.165) is 25.7 Å². The monoisotopic (exact) mass is 386 g/mol. The second-order valence-electron chi connectivity index (χ2n) is 6.51. The third kappa shape index (κ3) is 3.78. The smallest absolute Gasteiger partial charge is 0.246 e. The van der Waals surface area contributed by atoms with Crippen molar-refractivity contribution in [1.82, 2.24) is 9.21 Å². The van der Waals surface area contributed by atoms with E-state index in [0.29, 0.717) is 18.1 Å². The first-order chi connectivity index (χ1) is 11.9. The minimum Gasteiger partial charge on any atom is -0.495 e. The van der Waals surface area contributed by atoms with Crippen molar-refractivity contribution in [3.8, 4) is 5.75 Å². The van der Waals surface area contributed by atoms with Crippen molar-refractivity contribution in [2.45, 2.75) is 30.6 Å². The number of ether oxygens (including phenoxy) is 1. The molecule has 0 bridgehead atoms. The minimum absolute atomic E-state index is 0.0677. The SMILES string of the molecule is COc1ccc(Cl)cc1S(=O)(=O)N1CCN(C(=O)C2CCCC2)CC1.